The zero-order chi connectivity index (χ0) is 18.1. The van der Waals surface area contributed by atoms with Crippen LogP contribution in [0, 0.1) is 0 Å². The zero-order valence-corrected chi connectivity index (χ0v) is 15.5. The van der Waals surface area contributed by atoms with Gasteiger partial charge in [-0.1, -0.05) is 41.4 Å². The molecule has 0 fully saturated rings. The third kappa shape index (κ3) is 6.44. The Hall–Kier alpha value is -1.98. The first-order valence-corrected chi connectivity index (χ1v) is 8.88. The summed E-state index contributed by atoms with van der Waals surface area (Å²) in [6.07, 6.45) is 2.56. The maximum absolute atomic E-state index is 12.0. The standard InChI is InChI=1S/C18H21Cl2N3O2/c1-2-25-16-6-4-3-5-13(16)7-8-17(24)21-9-10-22-18-15(20)11-14(19)12-23-18/h3-6,11-12H,2,7-10H2,1H3,(H,21,24)(H,22,23). The summed E-state index contributed by atoms with van der Waals surface area (Å²) in [5, 5.41) is 6.86. The lowest BCUT2D eigenvalue weighted by Gasteiger charge is -2.11. The number of nitrogens with one attached hydrogen (secondary N) is 2. The summed E-state index contributed by atoms with van der Waals surface area (Å²) in [6.45, 7) is 3.55. The Balaban J connectivity index is 1.71. The molecule has 2 N–H and O–H groups in total. The van der Waals surface area contributed by atoms with Gasteiger partial charge in [-0.2, -0.15) is 0 Å². The molecule has 7 heteroatoms. The van der Waals surface area contributed by atoms with Crippen LogP contribution in [-0.4, -0.2) is 30.6 Å². The van der Waals surface area contributed by atoms with Crippen LogP contribution >= 0.6 is 23.2 Å². The predicted molar refractivity (Wildman–Crippen MR) is 102 cm³/mol. The van der Waals surface area contributed by atoms with Crippen molar-refractivity contribution in [2.24, 2.45) is 0 Å². The minimum atomic E-state index is -0.0109. The molecule has 0 bridgehead atoms. The fourth-order valence-corrected chi connectivity index (χ4v) is 2.72. The van der Waals surface area contributed by atoms with E-state index >= 15 is 0 Å². The largest absolute Gasteiger partial charge is 0.494 e. The van der Waals surface area contributed by atoms with Crippen molar-refractivity contribution in [3.8, 4) is 5.75 Å². The van der Waals surface area contributed by atoms with Gasteiger partial charge < -0.3 is 15.4 Å². The fourth-order valence-electron chi connectivity index (χ4n) is 2.27. The maximum Gasteiger partial charge on any atom is 0.220 e. The molecule has 5 nitrogen and oxygen atoms in total. The normalized spacial score (nSPS) is 10.4. The summed E-state index contributed by atoms with van der Waals surface area (Å²) < 4.78 is 5.57. The molecule has 0 saturated carbocycles. The Bertz CT molecular complexity index is 710. The van der Waals surface area contributed by atoms with Gasteiger partial charge in [-0.3, -0.25) is 4.79 Å². The molecule has 0 aliphatic heterocycles. The van der Waals surface area contributed by atoms with Crippen molar-refractivity contribution >= 4 is 34.9 Å². The number of pyridine rings is 1. The van der Waals surface area contributed by atoms with Gasteiger partial charge in [0.05, 0.1) is 16.7 Å². The second-order valence-electron chi connectivity index (χ2n) is 5.30. The second-order valence-corrected chi connectivity index (χ2v) is 6.15. The van der Waals surface area contributed by atoms with Crippen LogP contribution in [0.25, 0.3) is 0 Å². The third-order valence-electron chi connectivity index (χ3n) is 3.44. The number of amides is 1. The topological polar surface area (TPSA) is 63.2 Å². The van der Waals surface area contributed by atoms with Gasteiger partial charge in [0.15, 0.2) is 0 Å². The Morgan fingerprint density at radius 2 is 2.04 bits per heavy atom. The predicted octanol–water partition coefficient (Wildman–Crippen LogP) is 3.95. The number of hydrogen-bond acceptors (Lipinski definition) is 4. The lowest BCUT2D eigenvalue weighted by Crippen LogP contribution is -2.29. The smallest absolute Gasteiger partial charge is 0.220 e. The van der Waals surface area contributed by atoms with Crippen molar-refractivity contribution in [1.82, 2.24) is 10.3 Å². The number of rotatable bonds is 9. The summed E-state index contributed by atoms with van der Waals surface area (Å²) >= 11 is 11.8. The molecule has 2 rings (SSSR count). The average molecular weight is 382 g/mol. The van der Waals surface area contributed by atoms with E-state index in [1.165, 1.54) is 6.20 Å². The molecule has 1 aromatic carbocycles. The van der Waals surface area contributed by atoms with Crippen molar-refractivity contribution in [3.05, 3.63) is 52.1 Å². The van der Waals surface area contributed by atoms with Crippen LogP contribution in [-0.2, 0) is 11.2 Å². The van der Waals surface area contributed by atoms with E-state index in [-0.39, 0.29) is 5.91 Å². The van der Waals surface area contributed by atoms with E-state index in [0.29, 0.717) is 48.4 Å². The molecule has 0 aliphatic carbocycles. The van der Waals surface area contributed by atoms with E-state index in [2.05, 4.69) is 15.6 Å². The first kappa shape index (κ1) is 19.3. The highest BCUT2D eigenvalue weighted by Gasteiger charge is 2.07. The summed E-state index contributed by atoms with van der Waals surface area (Å²) in [4.78, 5) is 16.1. The number of para-hydroxylation sites is 1. The van der Waals surface area contributed by atoms with Crippen molar-refractivity contribution < 1.29 is 9.53 Å². The van der Waals surface area contributed by atoms with Crippen LogP contribution in [0.2, 0.25) is 10.0 Å². The Morgan fingerprint density at radius 3 is 2.80 bits per heavy atom. The third-order valence-corrected chi connectivity index (χ3v) is 3.94. The maximum atomic E-state index is 12.0. The van der Waals surface area contributed by atoms with Crippen molar-refractivity contribution in [3.63, 3.8) is 0 Å². The molecule has 0 saturated heterocycles. The van der Waals surface area contributed by atoms with E-state index in [1.54, 1.807) is 6.07 Å². The van der Waals surface area contributed by atoms with Gasteiger partial charge in [0.25, 0.3) is 0 Å². The SMILES string of the molecule is CCOc1ccccc1CCC(=O)NCCNc1ncc(Cl)cc1Cl. The number of carbonyl (C=O) groups is 1. The first-order valence-electron chi connectivity index (χ1n) is 8.12. The summed E-state index contributed by atoms with van der Waals surface area (Å²) in [6, 6.07) is 9.39. The van der Waals surface area contributed by atoms with Crippen molar-refractivity contribution in [2.45, 2.75) is 19.8 Å². The van der Waals surface area contributed by atoms with Crippen molar-refractivity contribution in [2.75, 3.05) is 25.0 Å². The van der Waals surface area contributed by atoms with Crippen LogP contribution < -0.4 is 15.4 Å². The number of aromatic nitrogens is 1. The molecular formula is C18H21Cl2N3O2. The monoisotopic (exact) mass is 381 g/mol. The molecule has 0 atom stereocenters. The number of anilines is 1. The molecule has 0 aliphatic rings. The zero-order valence-electron chi connectivity index (χ0n) is 14.0. The highest BCUT2D eigenvalue weighted by atomic mass is 35.5. The van der Waals surface area contributed by atoms with E-state index in [4.69, 9.17) is 27.9 Å². The highest BCUT2D eigenvalue weighted by Crippen LogP contribution is 2.22. The second kappa shape index (κ2) is 10.1. The molecule has 1 aromatic heterocycles. The van der Waals surface area contributed by atoms with Crippen LogP contribution in [0.4, 0.5) is 5.82 Å². The van der Waals surface area contributed by atoms with Crippen molar-refractivity contribution in [1.29, 1.82) is 0 Å². The molecule has 134 valence electrons. The van der Waals surface area contributed by atoms with Gasteiger partial charge in [0.2, 0.25) is 5.91 Å². The molecule has 1 heterocycles. The van der Waals surface area contributed by atoms with Crippen LogP contribution in [0.1, 0.15) is 18.9 Å². The quantitative estimate of drug-likeness (QED) is 0.645. The van der Waals surface area contributed by atoms with E-state index < -0.39 is 0 Å². The Morgan fingerprint density at radius 1 is 1.24 bits per heavy atom. The molecule has 0 radical (unpaired) electrons. The van der Waals surface area contributed by atoms with Gasteiger partial charge >= 0.3 is 0 Å². The number of carbonyl (C=O) groups excluding carboxylic acids is 1. The van der Waals surface area contributed by atoms with Crippen LogP contribution in [0.5, 0.6) is 5.75 Å². The molecule has 2 aromatic rings. The number of benzene rings is 1. The van der Waals surface area contributed by atoms with Crippen LogP contribution in [0.3, 0.4) is 0 Å². The molecule has 25 heavy (non-hydrogen) atoms. The number of nitrogens with zero attached hydrogens (tertiary/aromatic N) is 1. The van der Waals surface area contributed by atoms with E-state index in [9.17, 15) is 4.79 Å². The Kier molecular flexibility index (Phi) is 7.82. The fraction of sp³-hybridized carbons (Fsp3) is 0.333. The molecule has 0 unspecified atom stereocenters. The Labute approximate surface area is 157 Å². The van der Waals surface area contributed by atoms with E-state index in [1.807, 2.05) is 31.2 Å². The number of aryl methyl sites for hydroxylation is 1. The van der Waals surface area contributed by atoms with Gasteiger partial charge in [-0.05, 0) is 31.0 Å². The first-order chi connectivity index (χ1) is 12.1. The van der Waals surface area contributed by atoms with Gasteiger partial charge in [-0.25, -0.2) is 4.98 Å². The minimum Gasteiger partial charge on any atom is -0.494 e. The van der Waals surface area contributed by atoms with Gasteiger partial charge in [0, 0.05) is 25.7 Å². The lowest BCUT2D eigenvalue weighted by molar-refractivity contribution is -0.120. The average Bonchev–Trinajstić information content (AvgIpc) is 2.60. The summed E-state index contributed by atoms with van der Waals surface area (Å²) in [5.74, 6) is 1.37. The van der Waals surface area contributed by atoms with Gasteiger partial charge in [0.1, 0.15) is 11.6 Å². The summed E-state index contributed by atoms with van der Waals surface area (Å²) in [5.41, 5.74) is 1.04. The highest BCUT2D eigenvalue weighted by molar-refractivity contribution is 6.35. The summed E-state index contributed by atoms with van der Waals surface area (Å²) in [7, 11) is 0. The number of halogens is 2. The van der Waals surface area contributed by atoms with Gasteiger partial charge in [-0.15, -0.1) is 0 Å². The number of hydrogen-bond donors (Lipinski definition) is 2. The molecule has 0 spiro atoms. The molecular weight excluding hydrogens is 361 g/mol. The molecule has 1 amide bonds. The van der Waals surface area contributed by atoms with E-state index in [0.717, 1.165) is 11.3 Å². The van der Waals surface area contributed by atoms with Crippen LogP contribution in [0.15, 0.2) is 36.5 Å². The lowest BCUT2D eigenvalue weighted by atomic mass is 10.1. The number of ether oxygens (including phenoxy) is 1. The minimum absolute atomic E-state index is 0.0109.